The number of halogens is 2. The highest BCUT2D eigenvalue weighted by molar-refractivity contribution is 6.35. The van der Waals surface area contributed by atoms with Crippen molar-refractivity contribution in [3.8, 4) is 0 Å². The highest BCUT2D eigenvalue weighted by atomic mass is 35.5. The van der Waals surface area contributed by atoms with Gasteiger partial charge in [-0.2, -0.15) is 5.10 Å². The Balaban J connectivity index is 1.51. The largest absolute Gasteiger partial charge is 0.326 e. The first-order valence-corrected chi connectivity index (χ1v) is 9.62. The van der Waals surface area contributed by atoms with Crippen LogP contribution in [0.15, 0.2) is 35.4 Å². The van der Waals surface area contributed by atoms with E-state index < -0.39 is 0 Å². The van der Waals surface area contributed by atoms with E-state index in [0.29, 0.717) is 21.2 Å². The molecule has 1 N–H and O–H groups in total. The van der Waals surface area contributed by atoms with Crippen molar-refractivity contribution in [2.24, 2.45) is 0 Å². The van der Waals surface area contributed by atoms with Crippen LogP contribution in [-0.2, 0) is 24.2 Å². The lowest BCUT2D eigenvalue weighted by molar-refractivity contribution is -0.116. The molecule has 3 aromatic rings. The number of aryl methyl sites for hydroxylation is 3. The van der Waals surface area contributed by atoms with E-state index in [4.69, 9.17) is 23.2 Å². The molecule has 4 rings (SSSR count). The Morgan fingerprint density at radius 1 is 1.11 bits per heavy atom. The molecule has 1 aliphatic carbocycles. The van der Waals surface area contributed by atoms with Crippen LogP contribution in [0.4, 0.5) is 5.69 Å². The second-order valence-corrected chi connectivity index (χ2v) is 7.55. The summed E-state index contributed by atoms with van der Waals surface area (Å²) < 4.78 is 3.24. The van der Waals surface area contributed by atoms with Crippen LogP contribution in [0.25, 0.3) is 5.52 Å². The number of carbonyl (C=O) groups excluding carboxylic acids is 1. The van der Waals surface area contributed by atoms with Gasteiger partial charge in [0.15, 0.2) is 0 Å². The number of carbonyl (C=O) groups is 1. The van der Waals surface area contributed by atoms with E-state index in [2.05, 4.69) is 10.4 Å². The maximum absolute atomic E-state index is 12.9. The van der Waals surface area contributed by atoms with Crippen molar-refractivity contribution >= 4 is 40.3 Å². The van der Waals surface area contributed by atoms with Gasteiger partial charge in [-0.05, 0) is 43.9 Å². The second-order valence-electron chi connectivity index (χ2n) is 6.68. The Morgan fingerprint density at radius 3 is 2.63 bits per heavy atom. The summed E-state index contributed by atoms with van der Waals surface area (Å²) in [5.41, 5.74) is 3.14. The quantitative estimate of drug-likeness (QED) is 0.720. The number of benzene rings is 1. The smallest absolute Gasteiger partial charge is 0.276 e. The Bertz CT molecular complexity index is 1070. The lowest BCUT2D eigenvalue weighted by Gasteiger charge is -2.10. The predicted octanol–water partition coefficient (Wildman–Crippen LogP) is 3.71. The van der Waals surface area contributed by atoms with Crippen LogP contribution < -0.4 is 10.9 Å². The molecule has 0 aliphatic heterocycles. The number of nitrogens with one attached hydrogen (secondary N) is 1. The molecule has 0 spiro atoms. The topological polar surface area (TPSA) is 68.4 Å². The zero-order valence-electron chi connectivity index (χ0n) is 14.5. The zero-order chi connectivity index (χ0) is 19.0. The molecule has 1 aliphatic rings. The van der Waals surface area contributed by atoms with Gasteiger partial charge in [0, 0.05) is 46.7 Å². The van der Waals surface area contributed by atoms with Gasteiger partial charge in [-0.15, -0.1) is 0 Å². The van der Waals surface area contributed by atoms with Gasteiger partial charge in [-0.1, -0.05) is 23.2 Å². The van der Waals surface area contributed by atoms with Crippen molar-refractivity contribution in [3.05, 3.63) is 62.2 Å². The molecule has 0 radical (unpaired) electrons. The third-order valence-electron chi connectivity index (χ3n) is 4.76. The number of amides is 1. The summed E-state index contributed by atoms with van der Waals surface area (Å²) in [5.74, 6) is -0.212. The monoisotopic (exact) mass is 404 g/mol. The molecule has 2 heterocycles. The van der Waals surface area contributed by atoms with Crippen molar-refractivity contribution in [3.63, 3.8) is 0 Å². The van der Waals surface area contributed by atoms with Crippen molar-refractivity contribution in [2.45, 2.75) is 38.6 Å². The maximum atomic E-state index is 12.9. The van der Waals surface area contributed by atoms with Gasteiger partial charge < -0.3 is 9.88 Å². The van der Waals surface area contributed by atoms with E-state index in [1.165, 1.54) is 0 Å². The summed E-state index contributed by atoms with van der Waals surface area (Å²) in [5, 5.41) is 8.17. The average Bonchev–Trinajstić information content (AvgIpc) is 2.99. The first kappa shape index (κ1) is 18.1. The van der Waals surface area contributed by atoms with E-state index in [-0.39, 0.29) is 24.4 Å². The molecule has 140 valence electrons. The van der Waals surface area contributed by atoms with E-state index in [1.807, 2.05) is 0 Å². The summed E-state index contributed by atoms with van der Waals surface area (Å²) in [7, 11) is 0. The minimum atomic E-state index is -0.212. The third kappa shape index (κ3) is 3.73. The fourth-order valence-corrected chi connectivity index (χ4v) is 4.03. The van der Waals surface area contributed by atoms with Gasteiger partial charge in [0.25, 0.3) is 5.56 Å². The molecule has 0 saturated heterocycles. The molecule has 2 aromatic heterocycles. The highest BCUT2D eigenvalue weighted by Crippen LogP contribution is 2.23. The van der Waals surface area contributed by atoms with Gasteiger partial charge in [-0.3, -0.25) is 9.59 Å². The molecule has 8 heteroatoms. The van der Waals surface area contributed by atoms with Gasteiger partial charge in [0.1, 0.15) is 5.52 Å². The van der Waals surface area contributed by atoms with E-state index in [1.54, 1.807) is 39.7 Å². The van der Waals surface area contributed by atoms with E-state index in [0.717, 1.165) is 36.9 Å². The summed E-state index contributed by atoms with van der Waals surface area (Å²) in [6, 6.07) is 4.85. The standard InChI is InChI=1S/C19H18Cl2N4O2/c20-12-9-13(21)11-14(10-12)22-17(26)5-6-24-7-8-25-18(19(24)27)15-3-1-2-4-16(15)23-25/h7-11H,1-6H2,(H,22,26). The van der Waals surface area contributed by atoms with Gasteiger partial charge in [0.05, 0.1) is 5.69 Å². The fraction of sp³-hybridized carbons (Fsp3) is 0.316. The molecule has 1 aromatic carbocycles. The van der Waals surface area contributed by atoms with Crippen LogP contribution in [0.1, 0.15) is 30.5 Å². The van der Waals surface area contributed by atoms with Crippen LogP contribution in [0.5, 0.6) is 0 Å². The van der Waals surface area contributed by atoms with E-state index >= 15 is 0 Å². The lowest BCUT2D eigenvalue weighted by Crippen LogP contribution is -2.24. The Labute approximate surface area is 165 Å². The molecule has 0 saturated carbocycles. The average molecular weight is 405 g/mol. The van der Waals surface area contributed by atoms with Crippen molar-refractivity contribution in [2.75, 3.05) is 5.32 Å². The first-order valence-electron chi connectivity index (χ1n) is 8.87. The molecule has 0 fully saturated rings. The Hall–Kier alpha value is -2.31. The Morgan fingerprint density at radius 2 is 1.85 bits per heavy atom. The highest BCUT2D eigenvalue weighted by Gasteiger charge is 2.19. The van der Waals surface area contributed by atoms with Crippen LogP contribution in [0.3, 0.4) is 0 Å². The molecule has 27 heavy (non-hydrogen) atoms. The number of fused-ring (bicyclic) bond motifs is 3. The predicted molar refractivity (Wildman–Crippen MR) is 106 cm³/mol. The first-order chi connectivity index (χ1) is 13.0. The van der Waals surface area contributed by atoms with Gasteiger partial charge >= 0.3 is 0 Å². The molecule has 1 amide bonds. The summed E-state index contributed by atoms with van der Waals surface area (Å²) in [6.45, 7) is 0.287. The van der Waals surface area contributed by atoms with E-state index in [9.17, 15) is 9.59 Å². The van der Waals surface area contributed by atoms with Crippen LogP contribution in [-0.4, -0.2) is 20.1 Å². The SMILES string of the molecule is O=C(CCn1ccn2nc3c(c2c1=O)CCCC3)Nc1cc(Cl)cc(Cl)c1. The van der Waals surface area contributed by atoms with Gasteiger partial charge in [0.2, 0.25) is 5.91 Å². The van der Waals surface area contributed by atoms with Crippen molar-refractivity contribution in [1.29, 1.82) is 0 Å². The second kappa shape index (κ2) is 7.37. The van der Waals surface area contributed by atoms with Crippen LogP contribution in [0.2, 0.25) is 10.0 Å². The number of aromatic nitrogens is 3. The van der Waals surface area contributed by atoms with Gasteiger partial charge in [-0.25, -0.2) is 4.52 Å². The number of hydrogen-bond donors (Lipinski definition) is 1. The van der Waals surface area contributed by atoms with Crippen LogP contribution >= 0.6 is 23.2 Å². The molecule has 0 atom stereocenters. The summed E-state index contributed by atoms with van der Waals surface area (Å²) in [4.78, 5) is 25.1. The minimum Gasteiger partial charge on any atom is -0.326 e. The summed E-state index contributed by atoms with van der Waals surface area (Å²) in [6.07, 6.45) is 7.61. The number of nitrogens with zero attached hydrogens (tertiary/aromatic N) is 3. The molecule has 0 unspecified atom stereocenters. The van der Waals surface area contributed by atoms with Crippen LogP contribution in [0, 0.1) is 0 Å². The minimum absolute atomic E-state index is 0.105. The maximum Gasteiger partial charge on any atom is 0.276 e. The van der Waals surface area contributed by atoms with Crippen molar-refractivity contribution in [1.82, 2.24) is 14.2 Å². The number of rotatable bonds is 4. The molecule has 6 nitrogen and oxygen atoms in total. The molecular weight excluding hydrogens is 387 g/mol. The molecular formula is C19H18Cl2N4O2. The number of hydrogen-bond acceptors (Lipinski definition) is 3. The zero-order valence-corrected chi connectivity index (χ0v) is 16.1. The molecule has 0 bridgehead atoms. The fourth-order valence-electron chi connectivity index (χ4n) is 3.50. The lowest BCUT2D eigenvalue weighted by atomic mass is 9.97. The third-order valence-corrected chi connectivity index (χ3v) is 5.20. The number of anilines is 1. The Kier molecular flexibility index (Phi) is 4.93. The summed E-state index contributed by atoms with van der Waals surface area (Å²) >= 11 is 11.9. The van der Waals surface area contributed by atoms with Crippen molar-refractivity contribution < 1.29 is 4.79 Å². The normalized spacial score (nSPS) is 13.6.